The number of anilines is 1. The summed E-state index contributed by atoms with van der Waals surface area (Å²) in [5.41, 5.74) is 2.26. The zero-order chi connectivity index (χ0) is 14.5. The standard InChI is InChI=1S/C14H17N3O2S/c1-9(18)11-4-3-5-12(6-11)17-14(19)15-7-13-8-20-10(2)16-13/h3-6,8-9,18H,7H2,1-2H3,(H2,15,17,19). The number of carbonyl (C=O) groups is 1. The molecule has 0 fully saturated rings. The van der Waals surface area contributed by atoms with Gasteiger partial charge in [0.05, 0.1) is 23.4 Å². The highest BCUT2D eigenvalue weighted by Gasteiger charge is 2.06. The van der Waals surface area contributed by atoms with Crippen LogP contribution < -0.4 is 10.6 Å². The third-order valence-corrected chi connectivity index (χ3v) is 3.55. The fraction of sp³-hybridized carbons (Fsp3) is 0.286. The molecule has 0 saturated heterocycles. The highest BCUT2D eigenvalue weighted by Crippen LogP contribution is 2.16. The average molecular weight is 291 g/mol. The Morgan fingerprint density at radius 1 is 1.50 bits per heavy atom. The van der Waals surface area contributed by atoms with Crippen molar-refractivity contribution in [3.8, 4) is 0 Å². The molecule has 0 aliphatic carbocycles. The summed E-state index contributed by atoms with van der Waals surface area (Å²) >= 11 is 1.55. The van der Waals surface area contributed by atoms with Gasteiger partial charge in [-0.05, 0) is 31.5 Å². The summed E-state index contributed by atoms with van der Waals surface area (Å²) in [7, 11) is 0. The number of aliphatic hydroxyl groups excluding tert-OH is 1. The zero-order valence-electron chi connectivity index (χ0n) is 11.4. The van der Waals surface area contributed by atoms with Gasteiger partial charge in [-0.25, -0.2) is 9.78 Å². The molecule has 1 atom stereocenters. The van der Waals surface area contributed by atoms with Gasteiger partial charge < -0.3 is 15.7 Å². The zero-order valence-corrected chi connectivity index (χ0v) is 12.2. The normalized spacial score (nSPS) is 11.9. The summed E-state index contributed by atoms with van der Waals surface area (Å²) in [4.78, 5) is 16.0. The molecule has 20 heavy (non-hydrogen) atoms. The van der Waals surface area contributed by atoms with Crippen LogP contribution in [0.5, 0.6) is 0 Å². The minimum absolute atomic E-state index is 0.293. The van der Waals surface area contributed by atoms with Gasteiger partial charge in [-0.15, -0.1) is 11.3 Å². The first-order valence-electron chi connectivity index (χ1n) is 6.28. The topological polar surface area (TPSA) is 74.2 Å². The van der Waals surface area contributed by atoms with Gasteiger partial charge >= 0.3 is 6.03 Å². The van der Waals surface area contributed by atoms with Gasteiger partial charge in [-0.1, -0.05) is 12.1 Å². The number of nitrogens with zero attached hydrogens (tertiary/aromatic N) is 1. The molecule has 106 valence electrons. The van der Waals surface area contributed by atoms with Crippen molar-refractivity contribution >= 4 is 23.1 Å². The lowest BCUT2D eigenvalue weighted by molar-refractivity contribution is 0.199. The number of amides is 2. The number of aromatic nitrogens is 1. The number of aliphatic hydroxyl groups is 1. The first kappa shape index (κ1) is 14.5. The number of urea groups is 1. The van der Waals surface area contributed by atoms with Crippen molar-refractivity contribution in [3.63, 3.8) is 0 Å². The van der Waals surface area contributed by atoms with E-state index in [2.05, 4.69) is 15.6 Å². The first-order valence-corrected chi connectivity index (χ1v) is 7.16. The molecule has 0 radical (unpaired) electrons. The Hall–Kier alpha value is -1.92. The van der Waals surface area contributed by atoms with E-state index in [-0.39, 0.29) is 6.03 Å². The van der Waals surface area contributed by atoms with Crippen LogP contribution in [0.2, 0.25) is 0 Å². The lowest BCUT2D eigenvalue weighted by atomic mass is 10.1. The van der Waals surface area contributed by atoms with Gasteiger partial charge in [0.25, 0.3) is 0 Å². The second-order valence-corrected chi connectivity index (χ2v) is 5.53. The second-order valence-electron chi connectivity index (χ2n) is 4.47. The number of nitrogens with one attached hydrogen (secondary N) is 2. The van der Waals surface area contributed by atoms with Gasteiger partial charge in [0.2, 0.25) is 0 Å². The predicted octanol–water partition coefficient (Wildman–Crippen LogP) is 2.83. The van der Waals surface area contributed by atoms with Crippen LogP contribution in [-0.2, 0) is 6.54 Å². The Kier molecular flexibility index (Phi) is 4.70. The van der Waals surface area contributed by atoms with E-state index in [0.29, 0.717) is 12.2 Å². The molecular formula is C14H17N3O2S. The van der Waals surface area contributed by atoms with Crippen LogP contribution in [0, 0.1) is 6.92 Å². The van der Waals surface area contributed by atoms with Crippen molar-refractivity contribution in [1.29, 1.82) is 0 Å². The molecule has 0 aliphatic rings. The van der Waals surface area contributed by atoms with Crippen molar-refractivity contribution in [3.05, 3.63) is 45.9 Å². The molecule has 1 unspecified atom stereocenters. The Morgan fingerprint density at radius 2 is 2.30 bits per heavy atom. The third kappa shape index (κ3) is 4.04. The van der Waals surface area contributed by atoms with Crippen molar-refractivity contribution < 1.29 is 9.90 Å². The first-order chi connectivity index (χ1) is 9.54. The van der Waals surface area contributed by atoms with Crippen LogP contribution in [0.4, 0.5) is 10.5 Å². The van der Waals surface area contributed by atoms with Gasteiger partial charge in [-0.2, -0.15) is 0 Å². The number of carbonyl (C=O) groups excluding carboxylic acids is 1. The lowest BCUT2D eigenvalue weighted by Crippen LogP contribution is -2.28. The molecule has 5 nitrogen and oxygen atoms in total. The molecule has 0 saturated carbocycles. The largest absolute Gasteiger partial charge is 0.389 e. The van der Waals surface area contributed by atoms with Gasteiger partial charge in [0.15, 0.2) is 0 Å². The third-order valence-electron chi connectivity index (χ3n) is 2.72. The van der Waals surface area contributed by atoms with Crippen LogP contribution in [0.1, 0.15) is 29.3 Å². The van der Waals surface area contributed by atoms with E-state index in [1.54, 1.807) is 36.5 Å². The Balaban J connectivity index is 1.89. The van der Waals surface area contributed by atoms with Crippen molar-refractivity contribution in [2.45, 2.75) is 26.5 Å². The molecule has 0 bridgehead atoms. The number of thiazole rings is 1. The van der Waals surface area contributed by atoms with E-state index < -0.39 is 6.10 Å². The molecule has 1 aromatic carbocycles. The molecule has 0 spiro atoms. The molecule has 6 heteroatoms. The maximum atomic E-state index is 11.8. The van der Waals surface area contributed by atoms with Gasteiger partial charge in [0, 0.05) is 11.1 Å². The Morgan fingerprint density at radius 3 is 2.95 bits per heavy atom. The van der Waals surface area contributed by atoms with Gasteiger partial charge in [-0.3, -0.25) is 0 Å². The monoisotopic (exact) mass is 291 g/mol. The lowest BCUT2D eigenvalue weighted by Gasteiger charge is -2.09. The molecule has 2 rings (SSSR count). The number of aryl methyl sites for hydroxylation is 1. The van der Waals surface area contributed by atoms with E-state index in [4.69, 9.17) is 0 Å². The van der Waals surface area contributed by atoms with E-state index >= 15 is 0 Å². The number of hydrogen-bond donors (Lipinski definition) is 3. The molecule has 3 N–H and O–H groups in total. The van der Waals surface area contributed by atoms with Crippen LogP contribution in [0.15, 0.2) is 29.6 Å². The smallest absolute Gasteiger partial charge is 0.319 e. The average Bonchev–Trinajstić information content (AvgIpc) is 2.82. The van der Waals surface area contributed by atoms with E-state index in [0.717, 1.165) is 16.3 Å². The molecule has 0 aliphatic heterocycles. The van der Waals surface area contributed by atoms with Crippen LogP contribution in [0.25, 0.3) is 0 Å². The summed E-state index contributed by atoms with van der Waals surface area (Å²) in [6, 6.07) is 6.83. The summed E-state index contributed by atoms with van der Waals surface area (Å²) in [5, 5.41) is 17.9. The predicted molar refractivity (Wildman–Crippen MR) is 79.8 cm³/mol. The van der Waals surface area contributed by atoms with Crippen LogP contribution in [-0.4, -0.2) is 16.1 Å². The van der Waals surface area contributed by atoms with E-state index in [9.17, 15) is 9.90 Å². The highest BCUT2D eigenvalue weighted by molar-refractivity contribution is 7.09. The van der Waals surface area contributed by atoms with Crippen molar-refractivity contribution in [2.75, 3.05) is 5.32 Å². The molecule has 2 aromatic rings. The summed E-state index contributed by atoms with van der Waals surface area (Å²) in [6.07, 6.45) is -0.558. The van der Waals surface area contributed by atoms with E-state index in [1.807, 2.05) is 18.4 Å². The summed E-state index contributed by atoms with van der Waals surface area (Å²) in [6.45, 7) is 4.01. The maximum Gasteiger partial charge on any atom is 0.319 e. The summed E-state index contributed by atoms with van der Waals surface area (Å²) < 4.78 is 0. The minimum Gasteiger partial charge on any atom is -0.389 e. The Bertz CT molecular complexity index is 596. The quantitative estimate of drug-likeness (QED) is 0.811. The SMILES string of the molecule is Cc1nc(CNC(=O)Nc2cccc(C(C)O)c2)cs1. The summed E-state index contributed by atoms with van der Waals surface area (Å²) in [5.74, 6) is 0. The minimum atomic E-state index is -0.558. The highest BCUT2D eigenvalue weighted by atomic mass is 32.1. The van der Waals surface area contributed by atoms with Crippen molar-refractivity contribution in [2.24, 2.45) is 0 Å². The maximum absolute atomic E-state index is 11.8. The molecule has 1 aromatic heterocycles. The van der Waals surface area contributed by atoms with Crippen LogP contribution >= 0.6 is 11.3 Å². The second kappa shape index (κ2) is 6.49. The Labute approximate surface area is 121 Å². The molecular weight excluding hydrogens is 274 g/mol. The van der Waals surface area contributed by atoms with Crippen molar-refractivity contribution in [1.82, 2.24) is 10.3 Å². The molecule has 1 heterocycles. The number of benzene rings is 1. The number of rotatable bonds is 4. The fourth-order valence-electron chi connectivity index (χ4n) is 1.71. The molecule has 2 amide bonds. The van der Waals surface area contributed by atoms with E-state index in [1.165, 1.54) is 0 Å². The fourth-order valence-corrected chi connectivity index (χ4v) is 2.32. The van der Waals surface area contributed by atoms with Gasteiger partial charge in [0.1, 0.15) is 0 Å². The van der Waals surface area contributed by atoms with Crippen LogP contribution in [0.3, 0.4) is 0 Å². The number of hydrogen-bond acceptors (Lipinski definition) is 4.